The number of aryl methyl sites for hydroxylation is 1. The molecule has 0 saturated carbocycles. The van der Waals surface area contributed by atoms with Crippen molar-refractivity contribution < 1.29 is 22.7 Å². The third-order valence-electron chi connectivity index (χ3n) is 7.05. The summed E-state index contributed by atoms with van der Waals surface area (Å²) in [7, 11) is 0. The number of amides is 1. The smallest absolute Gasteiger partial charge is 0.416 e. The van der Waals surface area contributed by atoms with E-state index in [1.807, 2.05) is 31.2 Å². The minimum atomic E-state index is -4.46. The molecule has 7 heteroatoms. The van der Waals surface area contributed by atoms with Gasteiger partial charge in [-0.05, 0) is 74.4 Å². The molecule has 2 heterocycles. The third kappa shape index (κ3) is 4.51. The zero-order chi connectivity index (χ0) is 24.7. The van der Waals surface area contributed by atoms with Gasteiger partial charge in [-0.2, -0.15) is 13.2 Å². The summed E-state index contributed by atoms with van der Waals surface area (Å²) in [6, 6.07) is 13.6. The molecule has 1 saturated heterocycles. The molecule has 0 unspecified atom stereocenters. The van der Waals surface area contributed by atoms with E-state index in [1.54, 1.807) is 24.1 Å². The van der Waals surface area contributed by atoms with E-state index in [-0.39, 0.29) is 0 Å². The molecule has 5 rings (SSSR count). The van der Waals surface area contributed by atoms with Crippen molar-refractivity contribution in [3.63, 3.8) is 0 Å². The highest BCUT2D eigenvalue weighted by atomic mass is 19.4. The highest BCUT2D eigenvalue weighted by Gasteiger charge is 2.41. The van der Waals surface area contributed by atoms with Crippen LogP contribution in [0, 0.1) is 6.92 Å². The van der Waals surface area contributed by atoms with Crippen LogP contribution < -0.4 is 0 Å². The molecule has 2 aliphatic rings. The van der Waals surface area contributed by atoms with Gasteiger partial charge in [0.25, 0.3) is 0 Å². The highest BCUT2D eigenvalue weighted by Crippen LogP contribution is 2.40. The Morgan fingerprint density at radius 1 is 1.09 bits per heavy atom. The summed E-state index contributed by atoms with van der Waals surface area (Å²) in [4.78, 5) is 19.2. The number of ether oxygens (including phenoxy) is 1. The van der Waals surface area contributed by atoms with Crippen molar-refractivity contribution in [2.24, 2.45) is 0 Å². The van der Waals surface area contributed by atoms with E-state index in [0.29, 0.717) is 17.7 Å². The first-order valence-corrected chi connectivity index (χ1v) is 11.9. The Kier molecular flexibility index (Phi) is 6.03. The Morgan fingerprint density at radius 2 is 1.86 bits per heavy atom. The van der Waals surface area contributed by atoms with Crippen LogP contribution in [-0.2, 0) is 10.9 Å². The lowest BCUT2D eigenvalue weighted by Crippen LogP contribution is -2.34. The van der Waals surface area contributed by atoms with Crippen molar-refractivity contribution in [3.8, 4) is 0 Å². The van der Waals surface area contributed by atoms with Gasteiger partial charge >= 0.3 is 12.3 Å². The molecule has 1 aliphatic heterocycles. The predicted molar refractivity (Wildman–Crippen MR) is 129 cm³/mol. The Hall–Kier alpha value is -3.35. The maximum atomic E-state index is 13.4. The number of aromatic nitrogens is 1. The first-order valence-electron chi connectivity index (χ1n) is 11.9. The van der Waals surface area contributed by atoms with Gasteiger partial charge in [-0.3, -0.25) is 9.88 Å². The number of hydrogen-bond acceptors (Lipinski definition) is 3. The normalized spacial score (nSPS) is 21.1. The minimum Gasteiger partial charge on any atom is -0.439 e. The monoisotopic (exact) mass is 480 g/mol. The topological polar surface area (TPSA) is 42.4 Å². The molecular formula is C28H27F3N2O2. The summed E-state index contributed by atoms with van der Waals surface area (Å²) in [6.45, 7) is 3.86. The largest absolute Gasteiger partial charge is 0.439 e. The fraction of sp³-hybridized carbons (Fsp3) is 0.357. The van der Waals surface area contributed by atoms with Gasteiger partial charge in [-0.15, -0.1) is 0 Å². The van der Waals surface area contributed by atoms with Crippen molar-refractivity contribution >= 4 is 22.6 Å². The van der Waals surface area contributed by atoms with Gasteiger partial charge in [0, 0.05) is 23.7 Å². The van der Waals surface area contributed by atoms with Crippen LogP contribution in [-0.4, -0.2) is 28.6 Å². The summed E-state index contributed by atoms with van der Waals surface area (Å²) in [5.41, 5.74) is 4.53. The number of carbonyl (C=O) groups excluding carboxylic acids is 1. The molecule has 1 amide bonds. The van der Waals surface area contributed by atoms with Crippen LogP contribution in [0.15, 0.2) is 60.3 Å². The average Bonchev–Trinajstić information content (AvgIpc) is 3.11. The number of halogens is 3. The number of carbonyl (C=O) groups is 1. The number of rotatable bonds is 4. The van der Waals surface area contributed by atoms with E-state index in [2.05, 4.69) is 11.1 Å². The molecule has 2 atom stereocenters. The zero-order valence-electron chi connectivity index (χ0n) is 19.7. The first-order chi connectivity index (χ1) is 16.7. The molecular weight excluding hydrogens is 453 g/mol. The lowest BCUT2D eigenvalue weighted by atomic mass is 9.86. The summed E-state index contributed by atoms with van der Waals surface area (Å²) in [5.74, 6) is 0. The van der Waals surface area contributed by atoms with Crippen LogP contribution in [0.25, 0.3) is 16.5 Å². The van der Waals surface area contributed by atoms with Crippen molar-refractivity contribution in [3.05, 3.63) is 82.6 Å². The van der Waals surface area contributed by atoms with Gasteiger partial charge in [0.2, 0.25) is 0 Å². The van der Waals surface area contributed by atoms with Crippen LogP contribution >= 0.6 is 0 Å². The van der Waals surface area contributed by atoms with Gasteiger partial charge < -0.3 is 4.74 Å². The summed E-state index contributed by atoms with van der Waals surface area (Å²) < 4.78 is 45.8. The van der Waals surface area contributed by atoms with E-state index < -0.39 is 30.0 Å². The molecule has 0 radical (unpaired) electrons. The second-order valence-electron chi connectivity index (χ2n) is 9.47. The van der Waals surface area contributed by atoms with Gasteiger partial charge in [0.1, 0.15) is 6.10 Å². The SMILES string of the molecule is Cc1cc([C@H]2OC(=O)N(CC3=C(c4cccc5cccnc45)CCCC3)[C@H]2C)cc(C(F)(F)F)c1. The number of allylic oxidation sites excluding steroid dienone is 1. The molecule has 2 aromatic carbocycles. The number of hydrogen-bond donors (Lipinski definition) is 0. The van der Waals surface area contributed by atoms with Crippen molar-refractivity contribution in [2.75, 3.05) is 6.54 Å². The molecule has 35 heavy (non-hydrogen) atoms. The number of pyridine rings is 1. The molecule has 182 valence electrons. The van der Waals surface area contributed by atoms with Crippen LogP contribution in [0.1, 0.15) is 61.0 Å². The minimum absolute atomic E-state index is 0.372. The zero-order valence-corrected chi connectivity index (χ0v) is 19.7. The Labute approximate surface area is 202 Å². The average molecular weight is 481 g/mol. The molecule has 3 aromatic rings. The quantitative estimate of drug-likeness (QED) is 0.389. The summed E-state index contributed by atoms with van der Waals surface area (Å²) >= 11 is 0. The molecule has 0 spiro atoms. The van der Waals surface area contributed by atoms with E-state index in [9.17, 15) is 18.0 Å². The predicted octanol–water partition coefficient (Wildman–Crippen LogP) is 7.47. The molecule has 1 aromatic heterocycles. The van der Waals surface area contributed by atoms with Gasteiger partial charge in [0.15, 0.2) is 0 Å². The fourth-order valence-electron chi connectivity index (χ4n) is 5.32. The Balaban J connectivity index is 1.47. The van der Waals surface area contributed by atoms with E-state index >= 15 is 0 Å². The second kappa shape index (κ2) is 9.02. The number of fused-ring (bicyclic) bond motifs is 1. The highest BCUT2D eigenvalue weighted by molar-refractivity contribution is 5.92. The number of nitrogens with zero attached hydrogens (tertiary/aromatic N) is 2. The van der Waals surface area contributed by atoms with E-state index in [1.165, 1.54) is 11.1 Å². The molecule has 0 bridgehead atoms. The van der Waals surface area contributed by atoms with Gasteiger partial charge in [-0.25, -0.2) is 4.79 Å². The standard InChI is InChI=1S/C28H27F3N2O2/c1-17-13-21(15-22(14-17)28(29,30)31)26-18(2)33(27(34)35-26)16-20-7-3-4-10-23(20)24-11-5-8-19-9-6-12-32-25(19)24/h5-6,8-9,11-15,18,26H,3-4,7,10,16H2,1-2H3/t18-,26-/m0/s1. The number of cyclic esters (lactones) is 1. The Bertz CT molecular complexity index is 1310. The first kappa shape index (κ1) is 23.4. The molecule has 4 nitrogen and oxygen atoms in total. The van der Waals surface area contributed by atoms with E-state index in [4.69, 9.17) is 4.74 Å². The number of alkyl halides is 3. The van der Waals surface area contributed by atoms with Crippen molar-refractivity contribution in [1.82, 2.24) is 9.88 Å². The van der Waals surface area contributed by atoms with Gasteiger partial charge in [0.05, 0.1) is 17.1 Å². The van der Waals surface area contributed by atoms with Crippen LogP contribution in [0.3, 0.4) is 0 Å². The summed E-state index contributed by atoms with van der Waals surface area (Å²) in [6.07, 6.45) is -0.0575. The number of benzene rings is 2. The van der Waals surface area contributed by atoms with Crippen LogP contribution in [0.2, 0.25) is 0 Å². The lowest BCUT2D eigenvalue weighted by Gasteiger charge is -2.27. The van der Waals surface area contributed by atoms with Crippen LogP contribution in [0.5, 0.6) is 0 Å². The summed E-state index contributed by atoms with van der Waals surface area (Å²) in [5, 5.41) is 1.07. The van der Waals surface area contributed by atoms with E-state index in [0.717, 1.165) is 54.3 Å². The van der Waals surface area contributed by atoms with Crippen molar-refractivity contribution in [1.29, 1.82) is 0 Å². The van der Waals surface area contributed by atoms with Crippen molar-refractivity contribution in [2.45, 2.75) is 57.9 Å². The third-order valence-corrected chi connectivity index (χ3v) is 7.05. The Morgan fingerprint density at radius 3 is 2.66 bits per heavy atom. The fourth-order valence-corrected chi connectivity index (χ4v) is 5.32. The second-order valence-corrected chi connectivity index (χ2v) is 9.47. The maximum absolute atomic E-state index is 13.4. The van der Waals surface area contributed by atoms with Crippen LogP contribution in [0.4, 0.5) is 18.0 Å². The molecule has 0 N–H and O–H groups in total. The number of para-hydroxylation sites is 1. The molecule has 1 aliphatic carbocycles. The lowest BCUT2D eigenvalue weighted by molar-refractivity contribution is -0.137. The van der Waals surface area contributed by atoms with Gasteiger partial charge in [-0.1, -0.05) is 35.9 Å². The molecule has 1 fully saturated rings. The maximum Gasteiger partial charge on any atom is 0.416 e.